The summed E-state index contributed by atoms with van der Waals surface area (Å²) in [6.07, 6.45) is -6.51. The molecule has 17 heteroatoms. The van der Waals surface area contributed by atoms with Crippen LogP contribution in [0.2, 0.25) is 0 Å². The number of aliphatic carboxylic acids is 2. The lowest BCUT2D eigenvalue weighted by Gasteiger charge is -2.62. The van der Waals surface area contributed by atoms with Crippen molar-refractivity contribution in [3.05, 3.63) is 82.9 Å². The molecule has 2 aromatic carbocycles. The molecule has 2 saturated carbocycles. The number of rotatable bonds is 6. The molecule has 0 aromatic heterocycles. The number of carbonyl (C=O) groups is 6. The van der Waals surface area contributed by atoms with E-state index in [-0.39, 0.29) is 12.3 Å². The van der Waals surface area contributed by atoms with Crippen LogP contribution in [0, 0.1) is 22.7 Å². The van der Waals surface area contributed by atoms with Crippen LogP contribution in [-0.4, -0.2) is 115 Å². The lowest BCUT2D eigenvalue weighted by molar-refractivity contribution is -0.268. The van der Waals surface area contributed by atoms with Crippen LogP contribution in [-0.2, 0) is 33.4 Å². The number of amides is 1. The van der Waals surface area contributed by atoms with Crippen molar-refractivity contribution >= 4 is 35.8 Å². The highest BCUT2D eigenvalue weighted by atomic mass is 19.1. The molecular formula is C45H60FNO15. The summed E-state index contributed by atoms with van der Waals surface area (Å²) < 4.78 is 31.0. The minimum atomic E-state index is -1.76. The first kappa shape index (κ1) is 51.1. The molecule has 7 N–H and O–H groups in total. The fourth-order valence-electron chi connectivity index (χ4n) is 8.61. The van der Waals surface area contributed by atoms with E-state index in [0.717, 1.165) is 12.5 Å². The van der Waals surface area contributed by atoms with Crippen molar-refractivity contribution in [1.82, 2.24) is 5.32 Å². The van der Waals surface area contributed by atoms with Crippen molar-refractivity contribution < 1.29 is 78.0 Å². The number of aliphatic hydroxyl groups excluding tert-OH is 2. The number of halogens is 1. The van der Waals surface area contributed by atoms with Gasteiger partial charge in [0.15, 0.2) is 24.2 Å². The largest absolute Gasteiger partial charge is 0.481 e. The van der Waals surface area contributed by atoms with Crippen LogP contribution in [0.1, 0.15) is 104 Å². The Balaban J connectivity index is 0.000000267. The molecule has 1 aliphatic heterocycles. The number of esters is 1. The van der Waals surface area contributed by atoms with Gasteiger partial charge in [0.2, 0.25) is 0 Å². The van der Waals surface area contributed by atoms with Crippen molar-refractivity contribution in [2.24, 2.45) is 22.7 Å². The van der Waals surface area contributed by atoms with Crippen molar-refractivity contribution in [3.63, 3.8) is 0 Å². The summed E-state index contributed by atoms with van der Waals surface area (Å²) in [5.74, 6) is -4.98. The van der Waals surface area contributed by atoms with Crippen LogP contribution < -0.4 is 5.32 Å². The topological polar surface area (TPSA) is 264 Å². The number of allylic oxidation sites excluding steroid dienone is 1. The average Bonchev–Trinajstić information content (AvgIpc) is 3.15. The highest BCUT2D eigenvalue weighted by molar-refractivity contribution is 5.94. The summed E-state index contributed by atoms with van der Waals surface area (Å²) >= 11 is 0. The van der Waals surface area contributed by atoms with Gasteiger partial charge < -0.3 is 50.2 Å². The number of carbonyl (C=O) groups excluding carboxylic acids is 3. The summed E-state index contributed by atoms with van der Waals surface area (Å²) in [5.41, 5.74) is -1.89. The molecule has 342 valence electrons. The highest BCUT2D eigenvalue weighted by Crippen LogP contribution is 2.61. The molecule has 1 amide bonds. The summed E-state index contributed by atoms with van der Waals surface area (Å²) in [4.78, 5) is 67.7. The van der Waals surface area contributed by atoms with Crippen LogP contribution in [0.4, 0.5) is 9.18 Å². The summed E-state index contributed by atoms with van der Waals surface area (Å²) in [5, 5.41) is 59.6. The number of ketones is 1. The van der Waals surface area contributed by atoms with Gasteiger partial charge >= 0.3 is 24.0 Å². The van der Waals surface area contributed by atoms with Gasteiger partial charge in [0, 0.05) is 25.2 Å². The minimum Gasteiger partial charge on any atom is -0.481 e. The molecule has 4 aliphatic rings. The molecule has 6 rings (SSSR count). The molecule has 3 unspecified atom stereocenters. The monoisotopic (exact) mass is 873 g/mol. The number of nitrogens with one attached hydrogen (secondary N) is 1. The number of aromatic carboxylic acids is 1. The van der Waals surface area contributed by atoms with E-state index in [4.69, 9.17) is 34.3 Å². The van der Waals surface area contributed by atoms with E-state index < -0.39 is 100 Å². The molecule has 3 aliphatic carbocycles. The SMILES string of the molecule is CC(=O)O.CC(=O)O[C@H]1C(=O)[C@@]2(C)C(C[C@]3(O)CCC(C)=C1C3(C)C)C1COC1[C@@H](F)[C@@H]2O.CC(C)(C)OC(=O)N[C@@H](c1ccccc1)[C@@H](O)C(=O)O.O=C(O)c1ccccc1. The lowest BCUT2D eigenvalue weighted by Crippen LogP contribution is -2.72. The zero-order chi connectivity index (χ0) is 47.1. The third-order valence-corrected chi connectivity index (χ3v) is 11.9. The van der Waals surface area contributed by atoms with Crippen LogP contribution >= 0.6 is 0 Å². The van der Waals surface area contributed by atoms with Gasteiger partial charge in [-0.2, -0.15) is 0 Å². The van der Waals surface area contributed by atoms with Crippen molar-refractivity contribution in [2.75, 3.05) is 6.61 Å². The molecule has 62 heavy (non-hydrogen) atoms. The fourth-order valence-corrected chi connectivity index (χ4v) is 8.61. The van der Waals surface area contributed by atoms with E-state index in [1.54, 1.807) is 88.4 Å². The minimum absolute atomic E-state index is 0.264. The molecule has 1 heterocycles. The molecule has 2 bridgehead atoms. The molecule has 3 fully saturated rings. The number of aliphatic hydroxyl groups is 3. The molecular weight excluding hydrogens is 813 g/mol. The third-order valence-electron chi connectivity index (χ3n) is 11.9. The van der Waals surface area contributed by atoms with Gasteiger partial charge in [-0.05, 0) is 83.1 Å². The van der Waals surface area contributed by atoms with Gasteiger partial charge in [-0.1, -0.05) is 68.0 Å². The molecule has 2 aromatic rings. The molecule has 0 spiro atoms. The van der Waals surface area contributed by atoms with Gasteiger partial charge in [0.05, 0.1) is 35.3 Å². The summed E-state index contributed by atoms with van der Waals surface area (Å²) in [6, 6.07) is 15.6. The maximum atomic E-state index is 15.0. The Morgan fingerprint density at radius 2 is 1.47 bits per heavy atom. The smallest absolute Gasteiger partial charge is 0.408 e. The molecule has 10 atom stereocenters. The van der Waals surface area contributed by atoms with E-state index in [1.807, 2.05) is 20.8 Å². The number of carboxylic acid groups (broad SMARTS) is 3. The summed E-state index contributed by atoms with van der Waals surface area (Å²) in [6.45, 7) is 14.9. The molecule has 16 nitrogen and oxygen atoms in total. The number of benzene rings is 2. The number of alkyl carbamates (subject to hydrolysis) is 1. The van der Waals surface area contributed by atoms with E-state index in [2.05, 4.69) is 5.32 Å². The average molecular weight is 874 g/mol. The van der Waals surface area contributed by atoms with Gasteiger partial charge in [-0.15, -0.1) is 0 Å². The number of hydrogen-bond acceptors (Lipinski definition) is 12. The lowest BCUT2D eigenvalue weighted by atomic mass is 9.47. The van der Waals surface area contributed by atoms with Gasteiger partial charge in [-0.25, -0.2) is 18.8 Å². The van der Waals surface area contributed by atoms with E-state index >= 15 is 0 Å². The number of ether oxygens (including phenoxy) is 3. The quantitative estimate of drug-likeness (QED) is 0.144. The Bertz CT molecular complexity index is 1960. The van der Waals surface area contributed by atoms with Gasteiger partial charge in [-0.3, -0.25) is 14.4 Å². The predicted octanol–water partition coefficient (Wildman–Crippen LogP) is 5.28. The zero-order valence-corrected chi connectivity index (χ0v) is 36.5. The second kappa shape index (κ2) is 20.3. The predicted molar refractivity (Wildman–Crippen MR) is 220 cm³/mol. The first-order valence-electron chi connectivity index (χ1n) is 20.1. The highest BCUT2D eigenvalue weighted by Gasteiger charge is 2.69. The number of carboxylic acids is 3. The van der Waals surface area contributed by atoms with Crippen LogP contribution in [0.3, 0.4) is 0 Å². The molecule has 0 radical (unpaired) electrons. The normalized spacial score (nSPS) is 29.0. The van der Waals surface area contributed by atoms with Crippen molar-refractivity contribution in [2.45, 2.75) is 129 Å². The van der Waals surface area contributed by atoms with Crippen LogP contribution in [0.5, 0.6) is 0 Å². The number of alkyl halides is 1. The maximum Gasteiger partial charge on any atom is 0.408 e. The number of hydrogen-bond donors (Lipinski definition) is 7. The zero-order valence-electron chi connectivity index (χ0n) is 36.5. The Kier molecular flexibility index (Phi) is 16.7. The molecule has 1 saturated heterocycles. The van der Waals surface area contributed by atoms with Crippen molar-refractivity contribution in [3.8, 4) is 0 Å². The fraction of sp³-hybridized carbons (Fsp3) is 0.556. The first-order valence-corrected chi connectivity index (χ1v) is 20.1. The Morgan fingerprint density at radius 1 is 0.935 bits per heavy atom. The van der Waals surface area contributed by atoms with Crippen LogP contribution in [0.25, 0.3) is 0 Å². The first-order chi connectivity index (χ1) is 28.6. The van der Waals surface area contributed by atoms with Gasteiger partial charge in [0.1, 0.15) is 11.7 Å². The Morgan fingerprint density at radius 3 is 1.90 bits per heavy atom. The number of fused-ring (bicyclic) bond motifs is 5. The van der Waals surface area contributed by atoms with Gasteiger partial charge in [0.25, 0.3) is 5.97 Å². The standard InChI is InChI=1S/C22H31FO6.C14H19NO5.C7H6O2.C2H4O2/c1-10-6-7-22(27)8-13-12-9-28-16(12)15(23)18(25)21(13,5)19(26)17(29-11(2)24)14(10)20(22,3)4;1-14(2,3)20-13(19)15-10(11(16)12(17)18)9-7-5-4-6-8-9;8-7(9)6-4-2-1-3-5-6;1-2(3)4/h12-13,15-18,25,27H,6-9H2,1-5H3;4-8,10-11,16H,1-3H3,(H,15,19)(H,17,18);1-5H,(H,8,9);1H3,(H,3,4)/t12?,13?,15-,16?,17-,18+,21+,22-;10-,11+;;/m10../s1. The third kappa shape index (κ3) is 11.6. The Labute approximate surface area is 360 Å². The second-order valence-electron chi connectivity index (χ2n) is 17.7. The number of Topliss-reactive ketones (excluding diaryl/α,β-unsaturated/α-hetero) is 1. The van der Waals surface area contributed by atoms with Crippen LogP contribution in [0.15, 0.2) is 71.8 Å². The Hall–Kier alpha value is -5.23. The second-order valence-corrected chi connectivity index (χ2v) is 17.7. The van der Waals surface area contributed by atoms with E-state index in [0.29, 0.717) is 36.1 Å². The van der Waals surface area contributed by atoms with E-state index in [1.165, 1.54) is 6.92 Å². The summed E-state index contributed by atoms with van der Waals surface area (Å²) in [7, 11) is 0. The maximum absolute atomic E-state index is 15.0. The van der Waals surface area contributed by atoms with Crippen molar-refractivity contribution in [1.29, 1.82) is 0 Å². The van der Waals surface area contributed by atoms with E-state index in [9.17, 15) is 43.7 Å².